The van der Waals surface area contributed by atoms with Crippen molar-refractivity contribution in [2.24, 2.45) is 5.92 Å². The summed E-state index contributed by atoms with van der Waals surface area (Å²) in [5.41, 5.74) is 1.68. The Morgan fingerprint density at radius 1 is 1.00 bits per heavy atom. The van der Waals surface area contributed by atoms with Crippen molar-refractivity contribution in [2.45, 2.75) is 25.8 Å². The quantitative estimate of drug-likeness (QED) is 0.404. The molecule has 3 aromatic rings. The van der Waals surface area contributed by atoms with E-state index in [2.05, 4.69) is 31.2 Å². The first-order chi connectivity index (χ1) is 17.5. The number of rotatable bonds is 7. The number of amides is 2. The van der Waals surface area contributed by atoms with E-state index in [1.165, 1.54) is 6.07 Å². The van der Waals surface area contributed by atoms with Crippen LogP contribution in [0.15, 0.2) is 42.5 Å². The van der Waals surface area contributed by atoms with Gasteiger partial charge in [0.25, 0.3) is 5.91 Å². The molecule has 2 amide bonds. The smallest absolute Gasteiger partial charge is 0.257 e. The minimum Gasteiger partial charge on any atom is -0.356 e. The summed E-state index contributed by atoms with van der Waals surface area (Å²) in [6.07, 6.45) is 2.39. The second-order valence-corrected chi connectivity index (χ2v) is 8.99. The van der Waals surface area contributed by atoms with Gasteiger partial charge < -0.3 is 21.3 Å². The summed E-state index contributed by atoms with van der Waals surface area (Å²) >= 11 is 0. The van der Waals surface area contributed by atoms with Gasteiger partial charge in [-0.15, -0.1) is 0 Å². The van der Waals surface area contributed by atoms with Crippen molar-refractivity contribution < 1.29 is 18.4 Å². The van der Waals surface area contributed by atoms with Gasteiger partial charge in [-0.05, 0) is 61.7 Å². The third kappa shape index (κ3) is 5.18. The number of carbonyl (C=O) groups is 2. The third-order valence-electron chi connectivity index (χ3n) is 6.44. The Labute approximate surface area is 206 Å². The first-order valence-corrected chi connectivity index (χ1v) is 11.9. The predicted molar refractivity (Wildman–Crippen MR) is 131 cm³/mol. The van der Waals surface area contributed by atoms with Crippen LogP contribution in [0, 0.1) is 17.6 Å². The van der Waals surface area contributed by atoms with Crippen LogP contribution in [0.2, 0.25) is 0 Å². The van der Waals surface area contributed by atoms with Gasteiger partial charge in [-0.25, -0.2) is 18.7 Å². The van der Waals surface area contributed by atoms with Gasteiger partial charge in [0.1, 0.15) is 23.0 Å². The molecule has 10 heteroatoms. The van der Waals surface area contributed by atoms with E-state index in [1.54, 1.807) is 12.1 Å². The zero-order chi connectivity index (χ0) is 25.1. The van der Waals surface area contributed by atoms with Crippen LogP contribution in [0.4, 0.5) is 20.3 Å². The van der Waals surface area contributed by atoms with E-state index in [0.29, 0.717) is 23.8 Å². The molecule has 1 saturated heterocycles. The number of nitrogens with zero attached hydrogens (tertiary/aromatic N) is 2. The lowest BCUT2D eigenvalue weighted by Gasteiger charge is -2.22. The first kappa shape index (κ1) is 23.8. The van der Waals surface area contributed by atoms with Gasteiger partial charge in [-0.1, -0.05) is 18.2 Å². The first-order valence-electron chi connectivity index (χ1n) is 11.9. The average Bonchev–Trinajstić information content (AvgIpc) is 3.25. The van der Waals surface area contributed by atoms with Gasteiger partial charge in [0, 0.05) is 12.2 Å². The lowest BCUT2D eigenvalue weighted by molar-refractivity contribution is -0.120. The van der Waals surface area contributed by atoms with Crippen molar-refractivity contribution in [3.63, 3.8) is 0 Å². The van der Waals surface area contributed by atoms with Crippen LogP contribution in [0.25, 0.3) is 11.4 Å². The maximum atomic E-state index is 14.4. The van der Waals surface area contributed by atoms with E-state index in [-0.39, 0.29) is 47.5 Å². The molecule has 0 saturated carbocycles. The van der Waals surface area contributed by atoms with Crippen LogP contribution in [-0.2, 0) is 17.8 Å². The summed E-state index contributed by atoms with van der Waals surface area (Å²) in [6.45, 7) is 2.80. The van der Waals surface area contributed by atoms with Crippen molar-refractivity contribution in [1.82, 2.24) is 25.9 Å². The zero-order valence-corrected chi connectivity index (χ0v) is 19.5. The minimum atomic E-state index is -0.791. The number of halogens is 2. The molecule has 4 N–H and O–H groups in total. The van der Waals surface area contributed by atoms with Crippen molar-refractivity contribution in [3.8, 4) is 11.4 Å². The predicted octanol–water partition coefficient (Wildman–Crippen LogP) is 3.07. The number of piperidine rings is 1. The number of hydrogen-bond acceptors (Lipinski definition) is 6. The highest BCUT2D eigenvalue weighted by molar-refractivity contribution is 6.03. The molecule has 2 aliphatic heterocycles. The highest BCUT2D eigenvalue weighted by Gasteiger charge is 2.28. The number of nitrogens with one attached hydrogen (secondary N) is 4. The Hall–Kier alpha value is -3.92. The molecule has 186 valence electrons. The molecule has 0 bridgehead atoms. The van der Waals surface area contributed by atoms with Gasteiger partial charge >= 0.3 is 0 Å². The van der Waals surface area contributed by atoms with Gasteiger partial charge in [0.05, 0.1) is 24.2 Å². The van der Waals surface area contributed by atoms with Crippen molar-refractivity contribution >= 4 is 23.3 Å². The van der Waals surface area contributed by atoms with Gasteiger partial charge in [-0.3, -0.25) is 9.59 Å². The number of aromatic nitrogens is 2. The van der Waals surface area contributed by atoms with E-state index in [0.717, 1.165) is 43.6 Å². The maximum Gasteiger partial charge on any atom is 0.257 e. The molecule has 0 spiro atoms. The highest BCUT2D eigenvalue weighted by atomic mass is 19.1. The van der Waals surface area contributed by atoms with Gasteiger partial charge in [-0.2, -0.15) is 0 Å². The van der Waals surface area contributed by atoms with Gasteiger partial charge in [0.2, 0.25) is 5.91 Å². The Morgan fingerprint density at radius 2 is 1.72 bits per heavy atom. The molecule has 0 unspecified atom stereocenters. The van der Waals surface area contributed by atoms with Crippen molar-refractivity contribution in [3.05, 3.63) is 70.9 Å². The van der Waals surface area contributed by atoms with E-state index in [4.69, 9.17) is 0 Å². The Balaban J connectivity index is 1.31. The molecule has 0 aliphatic carbocycles. The number of hydrogen-bond donors (Lipinski definition) is 4. The van der Waals surface area contributed by atoms with Crippen LogP contribution in [0.5, 0.6) is 0 Å². The van der Waals surface area contributed by atoms with Crippen molar-refractivity contribution in [1.29, 1.82) is 0 Å². The molecular weight excluding hydrogens is 466 g/mol. The lowest BCUT2D eigenvalue weighted by atomic mass is 9.98. The summed E-state index contributed by atoms with van der Waals surface area (Å²) < 4.78 is 28.7. The summed E-state index contributed by atoms with van der Waals surface area (Å²) in [4.78, 5) is 33.3. The molecule has 36 heavy (non-hydrogen) atoms. The van der Waals surface area contributed by atoms with Gasteiger partial charge in [0.15, 0.2) is 5.82 Å². The van der Waals surface area contributed by atoms with E-state index < -0.39 is 11.6 Å². The highest BCUT2D eigenvalue weighted by Crippen LogP contribution is 2.30. The molecular formula is C26H26F2N6O2. The van der Waals surface area contributed by atoms with Crippen LogP contribution in [0.3, 0.4) is 0 Å². The summed E-state index contributed by atoms with van der Waals surface area (Å²) in [5.74, 6) is -1.46. The van der Waals surface area contributed by atoms with Crippen LogP contribution < -0.4 is 21.3 Å². The van der Waals surface area contributed by atoms with Crippen LogP contribution >= 0.6 is 0 Å². The molecule has 1 aromatic heterocycles. The zero-order valence-electron chi connectivity index (χ0n) is 19.5. The largest absolute Gasteiger partial charge is 0.356 e. The molecule has 5 rings (SSSR count). The second-order valence-electron chi connectivity index (χ2n) is 8.99. The monoisotopic (exact) mass is 492 g/mol. The fourth-order valence-corrected chi connectivity index (χ4v) is 4.47. The normalized spacial score (nSPS) is 15.3. The van der Waals surface area contributed by atoms with Crippen molar-refractivity contribution in [2.75, 3.05) is 25.0 Å². The maximum absolute atomic E-state index is 14.4. The van der Waals surface area contributed by atoms with E-state index >= 15 is 0 Å². The fourth-order valence-electron chi connectivity index (χ4n) is 4.47. The Bertz CT molecular complexity index is 1270. The third-order valence-corrected chi connectivity index (χ3v) is 6.44. The number of anilines is 2. The van der Waals surface area contributed by atoms with Crippen LogP contribution in [-0.4, -0.2) is 41.4 Å². The molecule has 2 aliphatic rings. The number of carbonyl (C=O) groups excluding carboxylic acids is 2. The molecule has 1 fully saturated rings. The number of fused-ring (bicyclic) bond motifs is 1. The summed E-state index contributed by atoms with van der Waals surface area (Å²) in [6, 6.07) is 10.7. The molecule has 8 nitrogen and oxygen atoms in total. The molecule has 0 radical (unpaired) electrons. The molecule has 2 aromatic carbocycles. The molecule has 0 atom stereocenters. The minimum absolute atomic E-state index is 0.0314. The summed E-state index contributed by atoms with van der Waals surface area (Å²) in [7, 11) is 0. The second kappa shape index (κ2) is 10.4. The van der Waals surface area contributed by atoms with E-state index in [1.807, 2.05) is 12.1 Å². The Kier molecular flexibility index (Phi) is 6.86. The number of benzene rings is 2. The average molecular weight is 493 g/mol. The Morgan fingerprint density at radius 3 is 2.44 bits per heavy atom. The fraction of sp³-hybridized carbons (Fsp3) is 0.308. The SMILES string of the molecule is O=C(Cc1ccc(Nc2nc(-c3c(F)cccc3F)nc3c2C(=O)NC3)cc1)NCC1CCNCC1. The topological polar surface area (TPSA) is 108 Å². The van der Waals surface area contributed by atoms with Crippen LogP contribution in [0.1, 0.15) is 34.5 Å². The summed E-state index contributed by atoms with van der Waals surface area (Å²) in [5, 5.41) is 12.1. The lowest BCUT2D eigenvalue weighted by Crippen LogP contribution is -2.36. The van der Waals surface area contributed by atoms with E-state index in [9.17, 15) is 18.4 Å². The molecule has 3 heterocycles. The standard InChI is InChI=1S/C26H26F2N6O2/c27-18-2-1-3-19(28)22(18)24-33-20-14-31-26(36)23(20)25(34-24)32-17-6-4-15(5-7-17)12-21(35)30-13-16-8-10-29-11-9-16/h1-7,16,29H,8-14H2,(H,30,35)(H,31,36)(H,32,33,34).